The molecule has 9 heavy (non-hydrogen) atoms. The number of hydrogen-bond donors (Lipinski definition) is 0. The van der Waals surface area contributed by atoms with E-state index < -0.39 is 0 Å². The van der Waals surface area contributed by atoms with Gasteiger partial charge in [0.15, 0.2) is 0 Å². The highest BCUT2D eigenvalue weighted by Gasteiger charge is 2.16. The van der Waals surface area contributed by atoms with E-state index in [1.165, 1.54) is 0 Å². The fraction of sp³-hybridized carbons (Fsp3) is 1.00. The van der Waals surface area contributed by atoms with Crippen LogP contribution in [-0.4, -0.2) is 12.7 Å². The summed E-state index contributed by atoms with van der Waals surface area (Å²) < 4.78 is 0. The second kappa shape index (κ2) is 4.46. The molecule has 0 saturated heterocycles. The summed E-state index contributed by atoms with van der Waals surface area (Å²) in [7, 11) is 2.15. The summed E-state index contributed by atoms with van der Waals surface area (Å²) in [4.78, 5) is -0.208. The van der Waals surface area contributed by atoms with Gasteiger partial charge >= 0.3 is 0 Å². The Morgan fingerprint density at radius 1 is 1.33 bits per heavy atom. The minimum atomic E-state index is -0.208. The highest BCUT2D eigenvalue weighted by molar-refractivity contribution is 6.44. The maximum absolute atomic E-state index is 5.67. The molecule has 0 aliphatic heterocycles. The molecule has 0 aliphatic carbocycles. The van der Waals surface area contributed by atoms with Crippen molar-refractivity contribution < 1.29 is 0 Å². The zero-order valence-electron chi connectivity index (χ0n) is 6.20. The monoisotopic (exact) mass is 166 g/mol. The molecule has 0 nitrogen and oxygen atoms in total. The summed E-state index contributed by atoms with van der Waals surface area (Å²) in [5.41, 5.74) is 0. The maximum atomic E-state index is 5.67. The van der Waals surface area contributed by atoms with Crippen LogP contribution in [0.15, 0.2) is 0 Å². The van der Waals surface area contributed by atoms with Crippen LogP contribution in [0.1, 0.15) is 13.8 Å². The van der Waals surface area contributed by atoms with Crippen LogP contribution in [0.25, 0.3) is 0 Å². The Labute approximate surface area is 68.3 Å². The third kappa shape index (κ3) is 3.37. The van der Waals surface area contributed by atoms with E-state index in [2.05, 4.69) is 21.7 Å². The van der Waals surface area contributed by atoms with Gasteiger partial charge in [0.1, 0.15) is 12.7 Å². The van der Waals surface area contributed by atoms with E-state index >= 15 is 0 Å². The van der Waals surface area contributed by atoms with Crippen LogP contribution in [0.5, 0.6) is 0 Å². The van der Waals surface area contributed by atoms with Gasteiger partial charge in [0, 0.05) is 0 Å². The fourth-order valence-electron chi connectivity index (χ4n) is 0.620. The molecule has 0 saturated carbocycles. The first kappa shape index (κ1) is 9.64. The van der Waals surface area contributed by atoms with E-state index in [0.29, 0.717) is 11.8 Å². The third-order valence-electron chi connectivity index (χ3n) is 1.94. The second-order valence-electron chi connectivity index (χ2n) is 2.58. The number of halogens is 2. The van der Waals surface area contributed by atoms with Crippen molar-refractivity contribution in [1.82, 2.24) is 0 Å². The number of rotatable bonds is 3. The molecule has 0 aliphatic rings. The van der Waals surface area contributed by atoms with Gasteiger partial charge in [0.25, 0.3) is 0 Å². The summed E-state index contributed by atoms with van der Waals surface area (Å²) in [5, 5.41) is 0. The Bertz CT molecular complexity index is 75.5. The van der Waals surface area contributed by atoms with Crippen LogP contribution in [-0.2, 0) is 0 Å². The summed E-state index contributed by atoms with van der Waals surface area (Å²) in [6.45, 7) is 4.25. The smallest absolute Gasteiger partial charge is 0.105 e. The summed E-state index contributed by atoms with van der Waals surface area (Å²) in [6.07, 6.45) is 1.15. The van der Waals surface area contributed by atoms with Crippen LogP contribution in [0, 0.1) is 11.8 Å². The highest BCUT2D eigenvalue weighted by atomic mass is 35.5. The number of alkyl halides is 2. The fourth-order valence-corrected chi connectivity index (χ4v) is 1.12. The van der Waals surface area contributed by atoms with Crippen LogP contribution in [0.3, 0.4) is 0 Å². The van der Waals surface area contributed by atoms with Crippen molar-refractivity contribution in [1.29, 1.82) is 0 Å². The van der Waals surface area contributed by atoms with Crippen molar-refractivity contribution in [2.24, 2.45) is 11.8 Å². The first-order valence-corrected chi connectivity index (χ1v) is 4.25. The van der Waals surface area contributed by atoms with E-state index in [-0.39, 0.29) is 4.84 Å². The van der Waals surface area contributed by atoms with Crippen LogP contribution in [0.2, 0.25) is 6.32 Å². The van der Waals surface area contributed by atoms with Crippen LogP contribution < -0.4 is 0 Å². The summed E-state index contributed by atoms with van der Waals surface area (Å²) in [5.74, 6) is 1.04. The molecule has 0 N–H and O–H groups in total. The highest BCUT2D eigenvalue weighted by Crippen LogP contribution is 2.24. The van der Waals surface area contributed by atoms with Gasteiger partial charge in [-0.15, -0.1) is 23.2 Å². The maximum Gasteiger partial charge on any atom is 0.110 e. The predicted octanol–water partition coefficient (Wildman–Crippen LogP) is 2.11. The minimum Gasteiger partial charge on any atom is -0.105 e. The molecule has 2 unspecified atom stereocenters. The Balaban J connectivity index is 3.58. The summed E-state index contributed by atoms with van der Waals surface area (Å²) >= 11 is 11.3. The first-order valence-electron chi connectivity index (χ1n) is 3.37. The SMILES string of the molecule is BCC(C)C(C)C(Cl)Cl. The summed E-state index contributed by atoms with van der Waals surface area (Å²) in [6, 6.07) is 0. The standard InChI is InChI=1S/C6H13BCl2/c1-4(3-7)5(2)6(8)9/h4-6H,3,7H2,1-2H3. The molecule has 0 radical (unpaired) electrons. The van der Waals surface area contributed by atoms with E-state index in [9.17, 15) is 0 Å². The topological polar surface area (TPSA) is 0 Å². The Morgan fingerprint density at radius 2 is 1.78 bits per heavy atom. The molecule has 0 fully saturated rings. The molecule has 0 aromatic heterocycles. The van der Waals surface area contributed by atoms with Gasteiger partial charge in [-0.3, -0.25) is 0 Å². The van der Waals surface area contributed by atoms with Gasteiger partial charge in [-0.05, 0) is 11.8 Å². The van der Waals surface area contributed by atoms with Crippen molar-refractivity contribution in [2.45, 2.75) is 25.0 Å². The lowest BCUT2D eigenvalue weighted by Gasteiger charge is -2.18. The molecule has 0 spiro atoms. The van der Waals surface area contributed by atoms with E-state index in [1.807, 2.05) is 0 Å². The van der Waals surface area contributed by atoms with Crippen LogP contribution in [0.4, 0.5) is 0 Å². The Kier molecular flexibility index (Phi) is 4.78. The molecule has 0 rings (SSSR count). The van der Waals surface area contributed by atoms with Crippen molar-refractivity contribution in [3.8, 4) is 0 Å². The second-order valence-corrected chi connectivity index (χ2v) is 3.74. The predicted molar refractivity (Wildman–Crippen MR) is 47.2 cm³/mol. The quantitative estimate of drug-likeness (QED) is 0.445. The average Bonchev–Trinajstić information content (AvgIpc) is 1.84. The van der Waals surface area contributed by atoms with E-state index in [0.717, 1.165) is 6.32 Å². The van der Waals surface area contributed by atoms with Crippen molar-refractivity contribution in [3.05, 3.63) is 0 Å². The third-order valence-corrected chi connectivity index (χ3v) is 2.73. The molecular formula is C6H13BCl2. The van der Waals surface area contributed by atoms with Crippen molar-refractivity contribution in [3.63, 3.8) is 0 Å². The lowest BCUT2D eigenvalue weighted by molar-refractivity contribution is 0.445. The molecule has 0 heterocycles. The normalized spacial score (nSPS) is 17.9. The lowest BCUT2D eigenvalue weighted by atomic mass is 9.85. The molecule has 0 bridgehead atoms. The average molecular weight is 167 g/mol. The lowest BCUT2D eigenvalue weighted by Crippen LogP contribution is -2.14. The molecule has 54 valence electrons. The first-order chi connectivity index (χ1) is 4.09. The van der Waals surface area contributed by atoms with Gasteiger partial charge in [-0.2, -0.15) is 0 Å². The molecular weight excluding hydrogens is 154 g/mol. The number of hydrogen-bond acceptors (Lipinski definition) is 0. The minimum absolute atomic E-state index is 0.208. The molecule has 0 amide bonds. The van der Waals surface area contributed by atoms with Gasteiger partial charge in [-0.25, -0.2) is 0 Å². The van der Waals surface area contributed by atoms with Gasteiger partial charge in [-0.1, -0.05) is 20.2 Å². The van der Waals surface area contributed by atoms with E-state index in [1.54, 1.807) is 0 Å². The molecule has 0 aromatic rings. The van der Waals surface area contributed by atoms with Gasteiger partial charge < -0.3 is 0 Å². The zero-order chi connectivity index (χ0) is 7.44. The van der Waals surface area contributed by atoms with Crippen LogP contribution >= 0.6 is 23.2 Å². The largest absolute Gasteiger partial charge is 0.110 e. The Hall–Kier alpha value is 0.645. The van der Waals surface area contributed by atoms with Crippen molar-refractivity contribution >= 4 is 31.0 Å². The molecule has 3 heteroatoms. The zero-order valence-corrected chi connectivity index (χ0v) is 7.71. The van der Waals surface area contributed by atoms with E-state index in [4.69, 9.17) is 23.2 Å². The van der Waals surface area contributed by atoms with Gasteiger partial charge in [0.05, 0.1) is 0 Å². The Morgan fingerprint density at radius 3 is 1.89 bits per heavy atom. The van der Waals surface area contributed by atoms with Gasteiger partial charge in [0.2, 0.25) is 0 Å². The molecule has 2 atom stereocenters. The van der Waals surface area contributed by atoms with Crippen molar-refractivity contribution in [2.75, 3.05) is 0 Å². The molecule has 0 aromatic carbocycles.